The highest BCUT2D eigenvalue weighted by molar-refractivity contribution is 7.25. The Bertz CT molecular complexity index is 1890. The van der Waals surface area contributed by atoms with Crippen molar-refractivity contribution >= 4 is 83.1 Å². The van der Waals surface area contributed by atoms with E-state index in [2.05, 4.69) is 71.6 Å². The van der Waals surface area contributed by atoms with Crippen molar-refractivity contribution in [2.24, 2.45) is 0 Å². The summed E-state index contributed by atoms with van der Waals surface area (Å²) in [6, 6.07) is 36.7. The molecule has 0 aliphatic rings. The van der Waals surface area contributed by atoms with Gasteiger partial charge in [0, 0.05) is 54.1 Å². The molecule has 2 aromatic heterocycles. The van der Waals surface area contributed by atoms with E-state index in [1.165, 1.54) is 20.2 Å². The van der Waals surface area contributed by atoms with Gasteiger partial charge in [-0.05, 0) is 60.1 Å². The molecule has 0 aliphatic heterocycles. The molecule has 0 bridgehead atoms. The summed E-state index contributed by atoms with van der Waals surface area (Å²) < 4.78 is 8.70. The van der Waals surface area contributed by atoms with Crippen molar-refractivity contribution in [3.8, 4) is 0 Å². The fraction of sp³-hybridized carbons (Fsp3) is 0. The van der Waals surface area contributed by atoms with Gasteiger partial charge in [0.05, 0.1) is 0 Å². The molecule has 0 atom stereocenters. The Hall–Kier alpha value is -4.10. The largest absolute Gasteiger partial charge is 0.488 e. The molecule has 172 valence electrons. The van der Waals surface area contributed by atoms with Crippen LogP contribution in [0.15, 0.2) is 114 Å². The number of rotatable bonds is 4. The maximum Gasteiger partial charge on any atom is 0.488 e. The summed E-state index contributed by atoms with van der Waals surface area (Å²) in [5.41, 5.74) is 5.02. The van der Waals surface area contributed by atoms with Crippen molar-refractivity contribution in [2.75, 3.05) is 4.90 Å². The molecule has 0 spiro atoms. The summed E-state index contributed by atoms with van der Waals surface area (Å²) in [5, 5.41) is 23.8. The minimum absolute atomic E-state index is 0.450. The number of thiophene rings is 1. The molecule has 7 aromatic rings. The molecular formula is C30H20BNO3S. The predicted molar refractivity (Wildman–Crippen MR) is 151 cm³/mol. The van der Waals surface area contributed by atoms with Crippen LogP contribution in [0.25, 0.3) is 42.1 Å². The minimum Gasteiger partial charge on any atom is -0.456 e. The van der Waals surface area contributed by atoms with Crippen LogP contribution >= 0.6 is 11.3 Å². The zero-order chi connectivity index (χ0) is 24.2. The van der Waals surface area contributed by atoms with Crippen LogP contribution in [0, 0.1) is 0 Å². The molecule has 0 saturated carbocycles. The molecule has 0 amide bonds. The van der Waals surface area contributed by atoms with E-state index in [0.29, 0.717) is 5.46 Å². The number of anilines is 3. The molecule has 5 aromatic carbocycles. The molecule has 0 saturated heterocycles. The molecule has 6 heteroatoms. The Kier molecular flexibility index (Phi) is 4.86. The summed E-state index contributed by atoms with van der Waals surface area (Å²) in [6.07, 6.45) is 0. The van der Waals surface area contributed by atoms with E-state index >= 15 is 0 Å². The number of hydrogen-bond acceptors (Lipinski definition) is 5. The van der Waals surface area contributed by atoms with Crippen LogP contribution in [0.2, 0.25) is 0 Å². The first-order valence-electron chi connectivity index (χ1n) is 11.7. The van der Waals surface area contributed by atoms with Gasteiger partial charge < -0.3 is 19.4 Å². The summed E-state index contributed by atoms with van der Waals surface area (Å²) in [7, 11) is -1.51. The monoisotopic (exact) mass is 485 g/mol. The van der Waals surface area contributed by atoms with Gasteiger partial charge in [0.25, 0.3) is 0 Å². The Morgan fingerprint density at radius 3 is 2.03 bits per heavy atom. The third kappa shape index (κ3) is 3.39. The van der Waals surface area contributed by atoms with E-state index in [9.17, 15) is 10.0 Å². The maximum absolute atomic E-state index is 9.60. The van der Waals surface area contributed by atoms with E-state index in [-0.39, 0.29) is 0 Å². The van der Waals surface area contributed by atoms with Gasteiger partial charge in [-0.1, -0.05) is 48.5 Å². The average Bonchev–Trinajstić information content (AvgIpc) is 3.47. The molecule has 0 aliphatic carbocycles. The average molecular weight is 485 g/mol. The SMILES string of the molecule is OB(O)c1ccc(N(c2ccc3c(c2)oc2ccccc23)c2ccc3sc4ccccc4c3c2)cc1. The highest BCUT2D eigenvalue weighted by Gasteiger charge is 2.18. The maximum atomic E-state index is 9.60. The quantitative estimate of drug-likeness (QED) is 0.261. The lowest BCUT2D eigenvalue weighted by Crippen LogP contribution is -2.29. The summed E-state index contributed by atoms with van der Waals surface area (Å²) >= 11 is 1.79. The van der Waals surface area contributed by atoms with E-state index in [1.54, 1.807) is 23.5 Å². The Morgan fingerprint density at radius 2 is 1.19 bits per heavy atom. The lowest BCUT2D eigenvalue weighted by Gasteiger charge is -2.26. The van der Waals surface area contributed by atoms with Gasteiger partial charge in [0.1, 0.15) is 11.2 Å². The summed E-state index contributed by atoms with van der Waals surface area (Å²) in [6.45, 7) is 0. The van der Waals surface area contributed by atoms with E-state index in [4.69, 9.17) is 4.42 Å². The van der Waals surface area contributed by atoms with Crippen molar-refractivity contribution in [3.05, 3.63) is 109 Å². The van der Waals surface area contributed by atoms with Crippen LogP contribution in [0.5, 0.6) is 0 Å². The van der Waals surface area contributed by atoms with Gasteiger partial charge in [-0.15, -0.1) is 11.3 Å². The van der Waals surface area contributed by atoms with Crippen molar-refractivity contribution in [1.29, 1.82) is 0 Å². The zero-order valence-corrected chi connectivity index (χ0v) is 19.9. The second-order valence-corrected chi connectivity index (χ2v) is 9.94. The molecule has 4 nitrogen and oxygen atoms in total. The molecular weight excluding hydrogens is 465 g/mol. The smallest absolute Gasteiger partial charge is 0.456 e. The first kappa shape index (κ1) is 21.2. The normalized spacial score (nSPS) is 11.6. The fourth-order valence-corrected chi connectivity index (χ4v) is 6.04. The predicted octanol–water partition coefficient (Wildman–Crippen LogP) is 7.10. The van der Waals surface area contributed by atoms with E-state index in [1.807, 2.05) is 30.3 Å². The van der Waals surface area contributed by atoms with Gasteiger partial charge in [0.15, 0.2) is 0 Å². The topological polar surface area (TPSA) is 56.8 Å². The molecule has 36 heavy (non-hydrogen) atoms. The second-order valence-electron chi connectivity index (χ2n) is 8.86. The number of benzene rings is 5. The first-order chi connectivity index (χ1) is 17.7. The van der Waals surface area contributed by atoms with Crippen molar-refractivity contribution in [3.63, 3.8) is 0 Å². The highest BCUT2D eigenvalue weighted by atomic mass is 32.1. The minimum atomic E-state index is -1.51. The third-order valence-electron chi connectivity index (χ3n) is 6.69. The van der Waals surface area contributed by atoms with Crippen molar-refractivity contribution in [2.45, 2.75) is 0 Å². The Morgan fingerprint density at radius 1 is 0.556 bits per heavy atom. The third-order valence-corrected chi connectivity index (χ3v) is 7.84. The van der Waals surface area contributed by atoms with Crippen molar-refractivity contribution in [1.82, 2.24) is 0 Å². The van der Waals surface area contributed by atoms with E-state index in [0.717, 1.165) is 39.0 Å². The van der Waals surface area contributed by atoms with Gasteiger partial charge in [0.2, 0.25) is 0 Å². The number of fused-ring (bicyclic) bond motifs is 6. The van der Waals surface area contributed by atoms with Crippen LogP contribution in [0.4, 0.5) is 17.1 Å². The second kappa shape index (κ2) is 8.24. The number of hydrogen-bond donors (Lipinski definition) is 2. The van der Waals surface area contributed by atoms with E-state index < -0.39 is 7.12 Å². The van der Waals surface area contributed by atoms with Crippen molar-refractivity contribution < 1.29 is 14.5 Å². The zero-order valence-electron chi connectivity index (χ0n) is 19.1. The van der Waals surface area contributed by atoms with Gasteiger partial charge >= 0.3 is 7.12 Å². The molecule has 0 unspecified atom stereocenters. The molecule has 0 radical (unpaired) electrons. The molecule has 2 heterocycles. The van der Waals surface area contributed by atoms with Gasteiger partial charge in [-0.25, -0.2) is 0 Å². The standard InChI is InChI=1S/C30H20BNO3S/c33-31(34)19-9-11-20(12-10-19)32(21-14-16-30-26(17-21)25-6-2-4-8-29(25)36-30)22-13-15-24-23-5-1-3-7-27(23)35-28(24)18-22/h1-18,33-34H. The van der Waals surface area contributed by atoms with Crippen LogP contribution in [0.3, 0.4) is 0 Å². The molecule has 7 rings (SSSR count). The van der Waals surface area contributed by atoms with Gasteiger partial charge in [-0.2, -0.15) is 0 Å². The number of nitrogens with zero attached hydrogens (tertiary/aromatic N) is 1. The van der Waals surface area contributed by atoms with Crippen LogP contribution in [-0.2, 0) is 0 Å². The molecule has 2 N–H and O–H groups in total. The Balaban J connectivity index is 1.44. The summed E-state index contributed by atoms with van der Waals surface area (Å²) in [5.74, 6) is 0. The Labute approximate surface area is 211 Å². The van der Waals surface area contributed by atoms with Gasteiger partial charge in [-0.3, -0.25) is 0 Å². The number of furan rings is 1. The van der Waals surface area contributed by atoms with Crippen LogP contribution < -0.4 is 10.4 Å². The highest BCUT2D eigenvalue weighted by Crippen LogP contribution is 2.41. The lowest BCUT2D eigenvalue weighted by atomic mass is 9.80. The first-order valence-corrected chi connectivity index (χ1v) is 12.6. The fourth-order valence-electron chi connectivity index (χ4n) is 4.95. The lowest BCUT2D eigenvalue weighted by molar-refractivity contribution is 0.426. The molecule has 0 fully saturated rings. The van der Waals surface area contributed by atoms with Crippen LogP contribution in [-0.4, -0.2) is 17.2 Å². The number of para-hydroxylation sites is 1. The summed E-state index contributed by atoms with van der Waals surface area (Å²) in [4.78, 5) is 2.17. The van der Waals surface area contributed by atoms with Crippen LogP contribution in [0.1, 0.15) is 0 Å².